The van der Waals surface area contributed by atoms with Crippen molar-refractivity contribution >= 4 is 21.5 Å². The molecule has 0 saturated carbocycles. The molecule has 0 heterocycles. The summed E-state index contributed by atoms with van der Waals surface area (Å²) in [5, 5.41) is 15.5. The van der Waals surface area contributed by atoms with E-state index in [1.165, 1.54) is 32.7 Å². The van der Waals surface area contributed by atoms with Gasteiger partial charge in [0.1, 0.15) is 5.75 Å². The van der Waals surface area contributed by atoms with Crippen LogP contribution in [0.2, 0.25) is 0 Å². The van der Waals surface area contributed by atoms with Crippen LogP contribution in [0.15, 0.2) is 72.8 Å². The molecule has 4 aromatic rings. The summed E-state index contributed by atoms with van der Waals surface area (Å²) < 4.78 is 0. The monoisotopic (exact) mass is 340 g/mol. The molecule has 4 aromatic carbocycles. The van der Waals surface area contributed by atoms with Crippen LogP contribution in [0.3, 0.4) is 0 Å². The molecule has 0 saturated heterocycles. The number of benzene rings is 4. The Morgan fingerprint density at radius 2 is 1.42 bits per heavy atom. The van der Waals surface area contributed by atoms with Gasteiger partial charge in [0, 0.05) is 6.42 Å². The van der Waals surface area contributed by atoms with Gasteiger partial charge in [0.2, 0.25) is 0 Å². The van der Waals surface area contributed by atoms with Crippen LogP contribution < -0.4 is 0 Å². The summed E-state index contributed by atoms with van der Waals surface area (Å²) in [6.45, 7) is 4.44. The van der Waals surface area contributed by atoms with Crippen LogP contribution >= 0.6 is 0 Å². The van der Waals surface area contributed by atoms with E-state index in [1.807, 2.05) is 12.1 Å². The van der Waals surface area contributed by atoms with Gasteiger partial charge in [-0.1, -0.05) is 74.5 Å². The lowest BCUT2D eigenvalue weighted by Crippen LogP contribution is -1.97. The molecule has 0 amide bonds. The highest BCUT2D eigenvalue weighted by molar-refractivity contribution is 6.02. The largest absolute Gasteiger partial charge is 0.508 e. The highest BCUT2D eigenvalue weighted by atomic mass is 16.3. The average Bonchev–Trinajstić information content (AvgIpc) is 2.68. The van der Waals surface area contributed by atoms with E-state index < -0.39 is 0 Å². The van der Waals surface area contributed by atoms with Gasteiger partial charge in [0.05, 0.1) is 0 Å². The van der Waals surface area contributed by atoms with Crippen molar-refractivity contribution in [2.45, 2.75) is 32.6 Å². The molecule has 0 spiro atoms. The Bertz CT molecular complexity index is 1020. The standard InChI is InChI=1S/C25H24O/c1-3-17(2)18-12-13-25(26)21(14-18)16-24-22-10-6-4-8-19(22)15-20-9-5-7-11-23(20)24/h4-15,17,26H,3,16H2,1-2H3. The second-order valence-electron chi connectivity index (χ2n) is 7.17. The van der Waals surface area contributed by atoms with E-state index in [4.69, 9.17) is 0 Å². The molecule has 0 radical (unpaired) electrons. The van der Waals surface area contributed by atoms with Gasteiger partial charge in [-0.3, -0.25) is 0 Å². The summed E-state index contributed by atoms with van der Waals surface area (Å²) in [6.07, 6.45) is 1.83. The van der Waals surface area contributed by atoms with Gasteiger partial charge in [0.25, 0.3) is 0 Å². The van der Waals surface area contributed by atoms with Crippen LogP contribution in [0, 0.1) is 0 Å². The third-order valence-electron chi connectivity index (χ3n) is 5.54. The normalized spacial score (nSPS) is 12.5. The number of phenolic OH excluding ortho intramolecular Hbond substituents is 1. The Labute approximate surface area is 154 Å². The molecule has 4 rings (SSSR count). The predicted octanol–water partition coefficient (Wildman–Crippen LogP) is 6.80. The lowest BCUT2D eigenvalue weighted by molar-refractivity contribution is 0.469. The van der Waals surface area contributed by atoms with E-state index in [0.29, 0.717) is 11.7 Å². The fraction of sp³-hybridized carbons (Fsp3) is 0.200. The molecule has 130 valence electrons. The first-order valence-electron chi connectivity index (χ1n) is 9.38. The molecule has 0 bridgehead atoms. The zero-order chi connectivity index (χ0) is 18.1. The summed E-state index contributed by atoms with van der Waals surface area (Å²) >= 11 is 0. The van der Waals surface area contributed by atoms with Gasteiger partial charge in [-0.15, -0.1) is 0 Å². The van der Waals surface area contributed by atoms with Crippen molar-refractivity contribution in [2.75, 3.05) is 0 Å². The summed E-state index contributed by atoms with van der Waals surface area (Å²) in [5.41, 5.74) is 3.59. The van der Waals surface area contributed by atoms with Crippen LogP contribution in [0.1, 0.15) is 42.9 Å². The Balaban J connectivity index is 1.91. The molecule has 1 heteroatoms. The van der Waals surface area contributed by atoms with Crippen molar-refractivity contribution in [1.82, 2.24) is 0 Å². The Kier molecular flexibility index (Phi) is 4.38. The van der Waals surface area contributed by atoms with E-state index in [1.54, 1.807) is 0 Å². The minimum atomic E-state index is 0.383. The molecule has 0 aliphatic rings. The molecule has 1 N–H and O–H groups in total. The molecule has 26 heavy (non-hydrogen) atoms. The maximum Gasteiger partial charge on any atom is 0.119 e. The first-order valence-corrected chi connectivity index (χ1v) is 9.38. The van der Waals surface area contributed by atoms with Crippen LogP contribution in [0.5, 0.6) is 5.75 Å². The quantitative estimate of drug-likeness (QED) is 0.405. The van der Waals surface area contributed by atoms with E-state index in [9.17, 15) is 5.11 Å². The topological polar surface area (TPSA) is 20.2 Å². The number of phenols is 1. The molecular formula is C25H24O. The van der Waals surface area contributed by atoms with Gasteiger partial charge in [-0.25, -0.2) is 0 Å². The fourth-order valence-corrected chi connectivity index (χ4v) is 3.78. The van der Waals surface area contributed by atoms with E-state index in [-0.39, 0.29) is 0 Å². The van der Waals surface area contributed by atoms with E-state index in [2.05, 4.69) is 74.5 Å². The van der Waals surface area contributed by atoms with Gasteiger partial charge >= 0.3 is 0 Å². The molecule has 1 atom stereocenters. The smallest absolute Gasteiger partial charge is 0.119 e. The van der Waals surface area contributed by atoms with Crippen molar-refractivity contribution in [1.29, 1.82) is 0 Å². The van der Waals surface area contributed by atoms with Crippen molar-refractivity contribution < 1.29 is 5.11 Å². The number of hydrogen-bond acceptors (Lipinski definition) is 1. The summed E-state index contributed by atoms with van der Waals surface area (Å²) in [6, 6.07) is 25.4. The molecular weight excluding hydrogens is 316 g/mol. The van der Waals surface area contributed by atoms with Gasteiger partial charge < -0.3 is 5.11 Å². The predicted molar refractivity (Wildman–Crippen MR) is 111 cm³/mol. The van der Waals surface area contributed by atoms with Crippen LogP contribution in [-0.4, -0.2) is 5.11 Å². The molecule has 1 unspecified atom stereocenters. The SMILES string of the molecule is CCC(C)c1ccc(O)c(Cc2c3ccccc3cc3ccccc23)c1. The van der Waals surface area contributed by atoms with E-state index >= 15 is 0 Å². The first-order chi connectivity index (χ1) is 12.7. The maximum absolute atomic E-state index is 10.5. The molecule has 0 aliphatic carbocycles. The van der Waals surface area contributed by atoms with Gasteiger partial charge in [0.15, 0.2) is 0 Å². The van der Waals surface area contributed by atoms with Gasteiger partial charge in [-0.05, 0) is 62.7 Å². The summed E-state index contributed by atoms with van der Waals surface area (Å²) in [4.78, 5) is 0. The van der Waals surface area contributed by atoms with Crippen molar-refractivity contribution in [3.8, 4) is 5.75 Å². The van der Waals surface area contributed by atoms with E-state index in [0.717, 1.165) is 18.4 Å². The lowest BCUT2D eigenvalue weighted by Gasteiger charge is -2.15. The summed E-state index contributed by atoms with van der Waals surface area (Å²) in [5.74, 6) is 0.882. The first kappa shape index (κ1) is 16.7. The van der Waals surface area contributed by atoms with Crippen LogP contribution in [0.25, 0.3) is 21.5 Å². The maximum atomic E-state index is 10.5. The third kappa shape index (κ3) is 2.94. The number of hydrogen-bond donors (Lipinski definition) is 1. The highest BCUT2D eigenvalue weighted by Crippen LogP contribution is 2.33. The number of fused-ring (bicyclic) bond motifs is 2. The summed E-state index contributed by atoms with van der Waals surface area (Å²) in [7, 11) is 0. The van der Waals surface area contributed by atoms with Crippen molar-refractivity contribution in [3.05, 3.63) is 89.5 Å². The fourth-order valence-electron chi connectivity index (χ4n) is 3.78. The van der Waals surface area contributed by atoms with Gasteiger partial charge in [-0.2, -0.15) is 0 Å². The number of aromatic hydroxyl groups is 1. The Morgan fingerprint density at radius 1 is 0.808 bits per heavy atom. The second kappa shape index (κ2) is 6.84. The van der Waals surface area contributed by atoms with Crippen LogP contribution in [-0.2, 0) is 6.42 Å². The lowest BCUT2D eigenvalue weighted by atomic mass is 9.90. The Morgan fingerprint density at radius 3 is 2.04 bits per heavy atom. The zero-order valence-electron chi connectivity index (χ0n) is 15.4. The number of rotatable bonds is 4. The third-order valence-corrected chi connectivity index (χ3v) is 5.54. The zero-order valence-corrected chi connectivity index (χ0v) is 15.4. The highest BCUT2D eigenvalue weighted by Gasteiger charge is 2.12. The van der Waals surface area contributed by atoms with Crippen LogP contribution in [0.4, 0.5) is 0 Å². The minimum absolute atomic E-state index is 0.383. The minimum Gasteiger partial charge on any atom is -0.508 e. The molecule has 1 nitrogen and oxygen atoms in total. The van der Waals surface area contributed by atoms with Crippen molar-refractivity contribution in [2.24, 2.45) is 0 Å². The van der Waals surface area contributed by atoms with Crippen molar-refractivity contribution in [3.63, 3.8) is 0 Å². The second-order valence-corrected chi connectivity index (χ2v) is 7.17. The average molecular weight is 340 g/mol. The molecule has 0 aromatic heterocycles. The Hall–Kier alpha value is -2.80. The molecule has 0 fully saturated rings. The molecule has 0 aliphatic heterocycles.